The van der Waals surface area contributed by atoms with E-state index in [-0.39, 0.29) is 5.91 Å². The summed E-state index contributed by atoms with van der Waals surface area (Å²) in [6.45, 7) is 3.69. The number of anilines is 1. The van der Waals surface area contributed by atoms with E-state index in [0.717, 1.165) is 25.9 Å². The van der Waals surface area contributed by atoms with Crippen LogP contribution in [0, 0.1) is 0 Å². The Balaban J connectivity index is 2.04. The van der Waals surface area contributed by atoms with Gasteiger partial charge in [-0.2, -0.15) is 0 Å². The first-order valence-electron chi connectivity index (χ1n) is 7.04. The molecule has 1 aliphatic rings. The van der Waals surface area contributed by atoms with Crippen LogP contribution in [0.25, 0.3) is 0 Å². The summed E-state index contributed by atoms with van der Waals surface area (Å²) in [5, 5.41) is 2.61. The minimum absolute atomic E-state index is 0.0252. The summed E-state index contributed by atoms with van der Waals surface area (Å²) in [5.41, 5.74) is 1.17. The van der Waals surface area contributed by atoms with Crippen LogP contribution in [0.15, 0.2) is 24.3 Å². The first-order valence-corrected chi connectivity index (χ1v) is 7.04. The molecule has 1 fully saturated rings. The number of benzene rings is 1. The average Bonchev–Trinajstić information content (AvgIpc) is 2.48. The maximum absolute atomic E-state index is 12.3. The Kier molecular flexibility index (Phi) is 4.98. The van der Waals surface area contributed by atoms with E-state index in [1.54, 1.807) is 31.2 Å². The van der Waals surface area contributed by atoms with Gasteiger partial charge in [0.2, 0.25) is 0 Å². The van der Waals surface area contributed by atoms with Gasteiger partial charge in [-0.25, -0.2) is 4.79 Å². The van der Waals surface area contributed by atoms with E-state index in [4.69, 9.17) is 4.74 Å². The summed E-state index contributed by atoms with van der Waals surface area (Å²) in [4.78, 5) is 25.6. The topological polar surface area (TPSA) is 58.6 Å². The Morgan fingerprint density at radius 1 is 1.25 bits per heavy atom. The molecule has 20 heavy (non-hydrogen) atoms. The molecule has 0 atom stereocenters. The van der Waals surface area contributed by atoms with Gasteiger partial charge < -0.3 is 9.64 Å². The van der Waals surface area contributed by atoms with Crippen LogP contribution in [0.4, 0.5) is 10.5 Å². The van der Waals surface area contributed by atoms with Crippen molar-refractivity contribution in [3.63, 3.8) is 0 Å². The molecule has 0 aliphatic carbocycles. The lowest BCUT2D eigenvalue weighted by Crippen LogP contribution is -2.35. The maximum atomic E-state index is 12.3. The van der Waals surface area contributed by atoms with Gasteiger partial charge in [-0.05, 0) is 44.4 Å². The molecule has 2 amide bonds. The van der Waals surface area contributed by atoms with Crippen molar-refractivity contribution in [3.05, 3.63) is 29.8 Å². The first-order chi connectivity index (χ1) is 9.70. The van der Waals surface area contributed by atoms with E-state index >= 15 is 0 Å². The number of nitrogens with one attached hydrogen (secondary N) is 1. The quantitative estimate of drug-likeness (QED) is 0.923. The van der Waals surface area contributed by atoms with Crippen LogP contribution in [0.1, 0.15) is 36.5 Å². The molecule has 5 heteroatoms. The lowest BCUT2D eigenvalue weighted by Gasteiger charge is -2.26. The minimum Gasteiger partial charge on any atom is -0.450 e. The molecule has 1 aromatic rings. The molecular weight excluding hydrogens is 256 g/mol. The van der Waals surface area contributed by atoms with Crippen LogP contribution in [0.3, 0.4) is 0 Å². The van der Waals surface area contributed by atoms with E-state index in [1.165, 1.54) is 6.42 Å². The molecule has 1 aliphatic heterocycles. The normalized spacial score (nSPS) is 14.8. The minimum atomic E-state index is -0.505. The van der Waals surface area contributed by atoms with Gasteiger partial charge in [-0.3, -0.25) is 10.1 Å². The predicted octanol–water partition coefficient (Wildman–Crippen LogP) is 2.88. The fraction of sp³-hybridized carbons (Fsp3) is 0.467. The van der Waals surface area contributed by atoms with Crippen LogP contribution in [-0.4, -0.2) is 36.6 Å². The number of carbonyl (C=O) groups excluding carboxylic acids is 2. The fourth-order valence-corrected chi connectivity index (χ4v) is 2.29. The Bertz CT molecular complexity index is 482. The Hall–Kier alpha value is -2.04. The van der Waals surface area contributed by atoms with Crippen molar-refractivity contribution < 1.29 is 14.3 Å². The monoisotopic (exact) mass is 276 g/mol. The van der Waals surface area contributed by atoms with E-state index in [9.17, 15) is 9.59 Å². The highest BCUT2D eigenvalue weighted by Crippen LogP contribution is 2.16. The third kappa shape index (κ3) is 3.73. The highest BCUT2D eigenvalue weighted by atomic mass is 16.5. The molecule has 108 valence electrons. The van der Waals surface area contributed by atoms with Crippen molar-refractivity contribution >= 4 is 17.7 Å². The van der Waals surface area contributed by atoms with Crippen LogP contribution in [-0.2, 0) is 4.74 Å². The number of hydrogen-bond acceptors (Lipinski definition) is 3. The van der Waals surface area contributed by atoms with Gasteiger partial charge in [0.05, 0.1) is 6.61 Å². The molecule has 1 saturated heterocycles. The average molecular weight is 276 g/mol. The van der Waals surface area contributed by atoms with Gasteiger partial charge in [0.25, 0.3) is 5.91 Å². The number of nitrogens with zero attached hydrogens (tertiary/aromatic N) is 1. The summed E-state index contributed by atoms with van der Waals surface area (Å²) >= 11 is 0. The maximum Gasteiger partial charge on any atom is 0.411 e. The van der Waals surface area contributed by atoms with Crippen LogP contribution in [0.5, 0.6) is 0 Å². The van der Waals surface area contributed by atoms with Gasteiger partial charge in [0.1, 0.15) is 0 Å². The van der Waals surface area contributed by atoms with Gasteiger partial charge >= 0.3 is 6.09 Å². The Morgan fingerprint density at radius 3 is 2.70 bits per heavy atom. The summed E-state index contributed by atoms with van der Waals surface area (Å²) < 4.78 is 4.82. The van der Waals surface area contributed by atoms with E-state index < -0.39 is 6.09 Å². The van der Waals surface area contributed by atoms with E-state index in [1.807, 2.05) is 4.90 Å². The molecule has 0 aromatic heterocycles. The van der Waals surface area contributed by atoms with Crippen molar-refractivity contribution in [1.82, 2.24) is 4.90 Å². The SMILES string of the molecule is CCOC(=O)Nc1cccc(C(=O)N2CCCCC2)c1. The smallest absolute Gasteiger partial charge is 0.411 e. The van der Waals surface area contributed by atoms with E-state index in [2.05, 4.69) is 5.32 Å². The third-order valence-corrected chi connectivity index (χ3v) is 3.27. The number of piperidine rings is 1. The molecule has 5 nitrogen and oxygen atoms in total. The summed E-state index contributed by atoms with van der Waals surface area (Å²) in [7, 11) is 0. The largest absolute Gasteiger partial charge is 0.450 e. The molecule has 1 aromatic carbocycles. The van der Waals surface area contributed by atoms with Crippen LogP contribution >= 0.6 is 0 Å². The molecule has 0 saturated carbocycles. The molecule has 1 heterocycles. The van der Waals surface area contributed by atoms with Crippen molar-refractivity contribution in [2.45, 2.75) is 26.2 Å². The van der Waals surface area contributed by atoms with Crippen LogP contribution in [0.2, 0.25) is 0 Å². The Morgan fingerprint density at radius 2 is 2.00 bits per heavy atom. The molecular formula is C15H20N2O3. The molecule has 2 rings (SSSR count). The predicted molar refractivity (Wildman–Crippen MR) is 76.8 cm³/mol. The zero-order valence-corrected chi connectivity index (χ0v) is 11.7. The van der Waals surface area contributed by atoms with Crippen molar-refractivity contribution in [1.29, 1.82) is 0 Å². The first kappa shape index (κ1) is 14.4. The number of rotatable bonds is 3. The number of ether oxygens (including phenoxy) is 1. The molecule has 0 unspecified atom stereocenters. The number of likely N-dealkylation sites (tertiary alicyclic amines) is 1. The van der Waals surface area contributed by atoms with Gasteiger partial charge in [-0.15, -0.1) is 0 Å². The number of hydrogen-bond donors (Lipinski definition) is 1. The van der Waals surface area contributed by atoms with Gasteiger partial charge in [-0.1, -0.05) is 6.07 Å². The second-order valence-electron chi connectivity index (χ2n) is 4.78. The summed E-state index contributed by atoms with van der Waals surface area (Å²) in [5.74, 6) is 0.0252. The summed E-state index contributed by atoms with van der Waals surface area (Å²) in [6, 6.07) is 6.96. The standard InChI is InChI=1S/C15H20N2O3/c1-2-20-15(19)16-13-8-6-7-12(11-13)14(18)17-9-4-3-5-10-17/h6-8,11H,2-5,9-10H2,1H3,(H,16,19). The van der Waals surface area contributed by atoms with Crippen LogP contribution < -0.4 is 5.32 Å². The molecule has 1 N–H and O–H groups in total. The lowest BCUT2D eigenvalue weighted by atomic mass is 10.1. The highest BCUT2D eigenvalue weighted by molar-refractivity contribution is 5.96. The second-order valence-corrected chi connectivity index (χ2v) is 4.78. The fourth-order valence-electron chi connectivity index (χ4n) is 2.29. The number of carbonyl (C=O) groups is 2. The second kappa shape index (κ2) is 6.93. The number of amides is 2. The Labute approximate surface area is 118 Å². The molecule has 0 radical (unpaired) electrons. The highest BCUT2D eigenvalue weighted by Gasteiger charge is 2.18. The van der Waals surface area contributed by atoms with E-state index in [0.29, 0.717) is 17.9 Å². The van der Waals surface area contributed by atoms with Crippen molar-refractivity contribution in [2.75, 3.05) is 25.0 Å². The zero-order valence-electron chi connectivity index (χ0n) is 11.7. The summed E-state index contributed by atoms with van der Waals surface area (Å²) in [6.07, 6.45) is 2.81. The van der Waals surface area contributed by atoms with Gasteiger partial charge in [0.15, 0.2) is 0 Å². The van der Waals surface area contributed by atoms with Crippen molar-refractivity contribution in [2.24, 2.45) is 0 Å². The molecule has 0 spiro atoms. The van der Waals surface area contributed by atoms with Gasteiger partial charge in [0, 0.05) is 24.3 Å². The van der Waals surface area contributed by atoms with Crippen molar-refractivity contribution in [3.8, 4) is 0 Å². The zero-order chi connectivity index (χ0) is 14.4. The lowest BCUT2D eigenvalue weighted by molar-refractivity contribution is 0.0724. The molecule has 0 bridgehead atoms. The third-order valence-electron chi connectivity index (χ3n) is 3.27.